The third-order valence-electron chi connectivity index (χ3n) is 6.24. The molecule has 2 aromatic carbocycles. The second-order valence-corrected chi connectivity index (χ2v) is 9.57. The lowest BCUT2D eigenvalue weighted by Gasteiger charge is -2.18. The van der Waals surface area contributed by atoms with Crippen LogP contribution in [0.2, 0.25) is 10.0 Å². The maximum Gasteiger partial charge on any atom is 0.348 e. The first-order valence-corrected chi connectivity index (χ1v) is 12.3. The first-order valence-electron chi connectivity index (χ1n) is 11.6. The normalized spacial score (nSPS) is 16.0. The van der Waals surface area contributed by atoms with Gasteiger partial charge in [-0.15, -0.1) is 5.10 Å². The molecule has 9 nitrogen and oxygen atoms in total. The van der Waals surface area contributed by atoms with E-state index in [0.29, 0.717) is 22.3 Å². The molecule has 0 radical (unpaired) electrons. The van der Waals surface area contributed by atoms with Gasteiger partial charge in [-0.25, -0.2) is 19.1 Å². The number of nitrogens with zero attached hydrogens (tertiary/aromatic N) is 6. The van der Waals surface area contributed by atoms with E-state index >= 15 is 0 Å². The molecule has 2 aromatic heterocycles. The summed E-state index contributed by atoms with van der Waals surface area (Å²) in [5.41, 5.74) is 8.44. The molecule has 11 heteroatoms. The Morgan fingerprint density at radius 1 is 1.05 bits per heavy atom. The summed E-state index contributed by atoms with van der Waals surface area (Å²) >= 11 is 12.1. The Bertz CT molecular complexity index is 1510. The Kier molecular flexibility index (Phi) is 6.82. The highest BCUT2D eigenvalue weighted by Gasteiger charge is 2.34. The molecule has 1 aliphatic rings. The largest absolute Gasteiger partial charge is 0.368 e. The summed E-state index contributed by atoms with van der Waals surface area (Å²) in [5.74, 6) is -0.554. The molecular weight excluding hydrogens is 513 g/mol. The third kappa shape index (κ3) is 5.00. The summed E-state index contributed by atoms with van der Waals surface area (Å²) in [6.45, 7) is 2.06. The molecule has 2 atom stereocenters. The van der Waals surface area contributed by atoms with Gasteiger partial charge in [0.2, 0.25) is 11.9 Å². The van der Waals surface area contributed by atoms with Crippen molar-refractivity contribution in [3.63, 3.8) is 0 Å². The van der Waals surface area contributed by atoms with Crippen LogP contribution in [0.1, 0.15) is 35.7 Å². The van der Waals surface area contributed by atoms with E-state index in [-0.39, 0.29) is 18.4 Å². The summed E-state index contributed by atoms with van der Waals surface area (Å²) in [6, 6.07) is 19.8. The van der Waals surface area contributed by atoms with Crippen LogP contribution < -0.4 is 16.4 Å². The van der Waals surface area contributed by atoms with E-state index in [0.717, 1.165) is 16.8 Å². The van der Waals surface area contributed by atoms with Gasteiger partial charge in [0.05, 0.1) is 29.5 Å². The SMILES string of the molecule is C[C@@H](C(N)=O)n1c(N2C[C@H](c3ccccc3)C(c3ccc(Cl)cc3)=N2)nn(Cc2ccc(Cl)cn2)c1=O. The van der Waals surface area contributed by atoms with Crippen LogP contribution in [0.15, 0.2) is 82.8 Å². The van der Waals surface area contributed by atoms with Gasteiger partial charge in [-0.3, -0.25) is 9.78 Å². The molecule has 3 heterocycles. The lowest BCUT2D eigenvalue weighted by Crippen LogP contribution is -2.35. The summed E-state index contributed by atoms with van der Waals surface area (Å²) < 4.78 is 2.52. The molecule has 1 amide bonds. The quantitative estimate of drug-likeness (QED) is 0.386. The molecule has 2 N–H and O–H groups in total. The molecule has 1 aliphatic heterocycles. The topological polar surface area (TPSA) is 111 Å². The van der Waals surface area contributed by atoms with Gasteiger partial charge in [0.25, 0.3) is 0 Å². The maximum absolute atomic E-state index is 13.4. The third-order valence-corrected chi connectivity index (χ3v) is 6.71. The second kappa shape index (κ2) is 10.2. The van der Waals surface area contributed by atoms with E-state index in [4.69, 9.17) is 34.0 Å². The van der Waals surface area contributed by atoms with Crippen molar-refractivity contribution in [2.24, 2.45) is 10.8 Å². The van der Waals surface area contributed by atoms with Crippen molar-refractivity contribution in [1.82, 2.24) is 19.3 Å². The molecule has 0 saturated heterocycles. The molecule has 0 aliphatic carbocycles. The van der Waals surface area contributed by atoms with Gasteiger partial charge in [-0.1, -0.05) is 65.7 Å². The van der Waals surface area contributed by atoms with Crippen molar-refractivity contribution in [3.05, 3.63) is 110 Å². The number of halogens is 2. The Morgan fingerprint density at radius 3 is 2.41 bits per heavy atom. The van der Waals surface area contributed by atoms with Crippen LogP contribution in [-0.2, 0) is 11.3 Å². The van der Waals surface area contributed by atoms with E-state index in [2.05, 4.69) is 10.1 Å². The zero-order valence-electron chi connectivity index (χ0n) is 19.8. The molecule has 0 bridgehead atoms. The van der Waals surface area contributed by atoms with E-state index in [1.54, 1.807) is 24.1 Å². The number of benzene rings is 2. The van der Waals surface area contributed by atoms with Crippen molar-refractivity contribution in [1.29, 1.82) is 0 Å². The number of primary amides is 1. The first-order chi connectivity index (χ1) is 17.8. The lowest BCUT2D eigenvalue weighted by molar-refractivity contribution is -0.120. The van der Waals surface area contributed by atoms with Crippen molar-refractivity contribution in [2.45, 2.75) is 25.4 Å². The fraction of sp³-hybridized carbons (Fsp3) is 0.192. The monoisotopic (exact) mass is 535 g/mol. The number of anilines is 1. The Hall–Kier alpha value is -3.95. The molecular formula is C26H23Cl2N7O2. The number of pyridine rings is 1. The average molecular weight is 536 g/mol. The molecule has 4 aromatic rings. The van der Waals surface area contributed by atoms with E-state index in [1.807, 2.05) is 54.6 Å². The van der Waals surface area contributed by atoms with Crippen molar-refractivity contribution >= 4 is 40.8 Å². The Labute approximate surface area is 222 Å². The van der Waals surface area contributed by atoms with Crippen LogP contribution in [0, 0.1) is 0 Å². The molecule has 0 spiro atoms. The van der Waals surface area contributed by atoms with Gasteiger partial charge in [0.15, 0.2) is 0 Å². The average Bonchev–Trinajstić information content (AvgIpc) is 3.48. The number of rotatable bonds is 7. The van der Waals surface area contributed by atoms with Gasteiger partial charge in [-0.05, 0) is 42.3 Å². The first kappa shape index (κ1) is 24.7. The van der Waals surface area contributed by atoms with Crippen LogP contribution in [0.5, 0.6) is 0 Å². The minimum absolute atomic E-state index is 0.0885. The fourth-order valence-corrected chi connectivity index (χ4v) is 4.50. The second-order valence-electron chi connectivity index (χ2n) is 8.69. The van der Waals surface area contributed by atoms with Crippen LogP contribution in [-0.4, -0.2) is 37.5 Å². The summed E-state index contributed by atoms with van der Waals surface area (Å²) in [5, 5.41) is 12.2. The van der Waals surface area contributed by atoms with Crippen LogP contribution in [0.4, 0.5) is 5.95 Å². The Balaban J connectivity index is 1.60. The van der Waals surface area contributed by atoms with Crippen LogP contribution in [0.25, 0.3) is 0 Å². The van der Waals surface area contributed by atoms with Crippen LogP contribution >= 0.6 is 23.2 Å². The fourth-order valence-electron chi connectivity index (χ4n) is 4.26. The van der Waals surface area contributed by atoms with Gasteiger partial charge in [0.1, 0.15) is 6.04 Å². The molecule has 37 heavy (non-hydrogen) atoms. The zero-order valence-corrected chi connectivity index (χ0v) is 21.3. The Morgan fingerprint density at radius 2 is 1.76 bits per heavy atom. The number of aromatic nitrogens is 4. The van der Waals surface area contributed by atoms with Gasteiger partial charge < -0.3 is 5.73 Å². The number of hydrogen-bond acceptors (Lipinski definition) is 6. The predicted molar refractivity (Wildman–Crippen MR) is 143 cm³/mol. The van der Waals surface area contributed by atoms with Gasteiger partial charge in [0, 0.05) is 17.1 Å². The molecule has 5 rings (SSSR count). The summed E-state index contributed by atoms with van der Waals surface area (Å²) in [6.07, 6.45) is 1.50. The lowest BCUT2D eigenvalue weighted by atomic mass is 9.91. The maximum atomic E-state index is 13.4. The molecule has 188 valence electrons. The highest BCUT2D eigenvalue weighted by molar-refractivity contribution is 6.30. The minimum Gasteiger partial charge on any atom is -0.368 e. The van der Waals surface area contributed by atoms with Crippen LogP contribution in [0.3, 0.4) is 0 Å². The van der Waals surface area contributed by atoms with Crippen molar-refractivity contribution < 1.29 is 4.79 Å². The number of nitrogens with two attached hydrogens (primary N) is 1. The summed E-state index contributed by atoms with van der Waals surface area (Å²) in [7, 11) is 0. The van der Waals surface area contributed by atoms with Gasteiger partial charge >= 0.3 is 5.69 Å². The smallest absolute Gasteiger partial charge is 0.348 e. The highest BCUT2D eigenvalue weighted by Crippen LogP contribution is 2.32. The van der Waals surface area contributed by atoms with Crippen molar-refractivity contribution in [3.8, 4) is 0 Å². The van der Waals surface area contributed by atoms with E-state index in [1.165, 1.54) is 15.4 Å². The van der Waals surface area contributed by atoms with E-state index < -0.39 is 17.6 Å². The number of hydrogen-bond donors (Lipinski definition) is 1. The minimum atomic E-state index is -0.945. The predicted octanol–water partition coefficient (Wildman–Crippen LogP) is 3.85. The number of carbonyl (C=O) groups excluding carboxylic acids is 1. The summed E-state index contributed by atoms with van der Waals surface area (Å²) in [4.78, 5) is 29.8. The standard InChI is InChI=1S/C26H23Cl2N7O2/c1-16(24(29)36)35-25(32-34(26(35)37)14-21-12-11-20(28)13-30-21)33-15-22(17-5-3-2-4-6-17)23(31-33)18-7-9-19(27)10-8-18/h2-13,16,22H,14-15H2,1H3,(H2,29,36)/t16-,22+/m0/s1. The number of hydrazone groups is 1. The van der Waals surface area contributed by atoms with E-state index in [9.17, 15) is 9.59 Å². The number of amides is 1. The molecule has 0 fully saturated rings. The molecule has 0 unspecified atom stereocenters. The highest BCUT2D eigenvalue weighted by atomic mass is 35.5. The number of carbonyl (C=O) groups is 1. The molecule has 0 saturated carbocycles. The zero-order chi connectivity index (χ0) is 26.1. The van der Waals surface area contributed by atoms with Crippen molar-refractivity contribution in [2.75, 3.05) is 11.6 Å². The van der Waals surface area contributed by atoms with Gasteiger partial charge in [-0.2, -0.15) is 5.10 Å².